The molecule has 182 valence electrons. The Morgan fingerprint density at radius 1 is 1.19 bits per heavy atom. The van der Waals surface area contributed by atoms with Gasteiger partial charge >= 0.3 is 0 Å². The number of nitrogens with zero attached hydrogens (tertiary/aromatic N) is 7. The lowest BCUT2D eigenvalue weighted by atomic mass is 9.99. The van der Waals surface area contributed by atoms with Crippen molar-refractivity contribution in [1.82, 2.24) is 34.9 Å². The number of aryl methyl sites for hydroxylation is 3. The number of carbonyl (C=O) groups is 1. The van der Waals surface area contributed by atoms with Gasteiger partial charge in [-0.3, -0.25) is 15.1 Å². The van der Waals surface area contributed by atoms with Gasteiger partial charge in [-0.15, -0.1) is 5.10 Å². The number of fused-ring (bicyclic) bond motifs is 1. The molecule has 13 heteroatoms. The zero-order valence-corrected chi connectivity index (χ0v) is 21.1. The van der Waals surface area contributed by atoms with Crippen LogP contribution in [0.5, 0.6) is 5.75 Å². The first-order valence-electron chi connectivity index (χ1n) is 10.6. The van der Waals surface area contributed by atoms with Crippen molar-refractivity contribution in [1.29, 1.82) is 0 Å². The molecule has 0 unspecified atom stereocenters. The number of rotatable bonds is 5. The fourth-order valence-electron chi connectivity index (χ4n) is 3.91. The van der Waals surface area contributed by atoms with E-state index < -0.39 is 11.9 Å². The quantitative estimate of drug-likeness (QED) is 0.331. The second-order valence-corrected chi connectivity index (χ2v) is 9.22. The number of anilines is 1. The fourth-order valence-corrected chi connectivity index (χ4v) is 4.93. The van der Waals surface area contributed by atoms with Crippen LogP contribution < -0.4 is 10.1 Å². The molecule has 0 saturated carbocycles. The van der Waals surface area contributed by atoms with Gasteiger partial charge in [-0.2, -0.15) is 14.4 Å². The first kappa shape index (κ1) is 23.7. The van der Waals surface area contributed by atoms with Gasteiger partial charge < -0.3 is 4.74 Å². The monoisotopic (exact) mass is 524 g/mol. The van der Waals surface area contributed by atoms with E-state index in [1.807, 2.05) is 0 Å². The van der Waals surface area contributed by atoms with Crippen LogP contribution in [0, 0.1) is 19.8 Å². The first-order valence-corrected chi connectivity index (χ1v) is 11.8. The standard InChI is InChI=1S/C23H18ClFN8O2S/c1-10-18(33(3)32-31-10)13-8-15-21(28-20(13)25)29-23(36-15)30-22(34)14-9-27-11(2)19(35-4)17(14)12-5-6-26-16(24)7-12/h5-9H,1-4H3,(H,28,29,30,34). The van der Waals surface area contributed by atoms with Crippen molar-refractivity contribution in [2.45, 2.75) is 13.8 Å². The van der Waals surface area contributed by atoms with Crippen LogP contribution >= 0.6 is 22.9 Å². The molecular weight excluding hydrogens is 507 g/mol. The third-order valence-corrected chi connectivity index (χ3v) is 6.60. The van der Waals surface area contributed by atoms with Crippen LogP contribution in [0.4, 0.5) is 9.52 Å². The van der Waals surface area contributed by atoms with E-state index >= 15 is 0 Å². The topological polar surface area (TPSA) is 121 Å². The van der Waals surface area contributed by atoms with Crippen molar-refractivity contribution in [2.24, 2.45) is 7.05 Å². The van der Waals surface area contributed by atoms with E-state index in [1.165, 1.54) is 18.0 Å². The number of hydrogen-bond donors (Lipinski definition) is 1. The minimum atomic E-state index is -0.705. The molecule has 5 heterocycles. The minimum Gasteiger partial charge on any atom is -0.494 e. The van der Waals surface area contributed by atoms with Gasteiger partial charge in [0, 0.05) is 25.0 Å². The summed E-state index contributed by atoms with van der Waals surface area (Å²) in [5.74, 6) is -0.749. The minimum absolute atomic E-state index is 0.171. The van der Waals surface area contributed by atoms with Crippen molar-refractivity contribution < 1.29 is 13.9 Å². The molecule has 1 N–H and O–H groups in total. The largest absolute Gasteiger partial charge is 0.494 e. The van der Waals surface area contributed by atoms with E-state index in [2.05, 4.69) is 35.6 Å². The fraction of sp³-hybridized carbons (Fsp3) is 0.174. The van der Waals surface area contributed by atoms with Crippen LogP contribution in [0.1, 0.15) is 21.7 Å². The molecule has 5 aromatic rings. The summed E-state index contributed by atoms with van der Waals surface area (Å²) in [7, 11) is 3.18. The Morgan fingerprint density at radius 3 is 2.69 bits per heavy atom. The van der Waals surface area contributed by atoms with Gasteiger partial charge in [0.2, 0.25) is 5.95 Å². The third kappa shape index (κ3) is 4.14. The van der Waals surface area contributed by atoms with Gasteiger partial charge in [-0.05, 0) is 37.6 Å². The maximum Gasteiger partial charge on any atom is 0.259 e. The lowest BCUT2D eigenvalue weighted by Crippen LogP contribution is -2.14. The molecule has 0 fully saturated rings. The Bertz CT molecular complexity index is 1630. The molecule has 0 bridgehead atoms. The molecule has 36 heavy (non-hydrogen) atoms. The van der Waals surface area contributed by atoms with Crippen molar-refractivity contribution in [3.8, 4) is 28.1 Å². The van der Waals surface area contributed by atoms with Gasteiger partial charge in [0.15, 0.2) is 10.8 Å². The van der Waals surface area contributed by atoms with E-state index in [4.69, 9.17) is 16.3 Å². The molecule has 0 spiro atoms. The van der Waals surface area contributed by atoms with Gasteiger partial charge in [0.25, 0.3) is 5.91 Å². The number of amides is 1. The van der Waals surface area contributed by atoms with E-state index in [-0.39, 0.29) is 27.1 Å². The molecule has 0 atom stereocenters. The maximum absolute atomic E-state index is 14.8. The number of aromatic nitrogens is 7. The van der Waals surface area contributed by atoms with E-state index in [0.717, 1.165) is 11.3 Å². The van der Waals surface area contributed by atoms with Crippen molar-refractivity contribution in [3.63, 3.8) is 0 Å². The van der Waals surface area contributed by atoms with E-state index in [0.29, 0.717) is 38.7 Å². The number of hydrogen-bond acceptors (Lipinski definition) is 9. The second-order valence-electron chi connectivity index (χ2n) is 7.80. The van der Waals surface area contributed by atoms with Gasteiger partial charge in [0.05, 0.1) is 40.0 Å². The van der Waals surface area contributed by atoms with Crippen molar-refractivity contribution >= 4 is 44.3 Å². The average molecular weight is 525 g/mol. The second kappa shape index (κ2) is 9.21. The highest BCUT2D eigenvalue weighted by molar-refractivity contribution is 7.22. The van der Waals surface area contributed by atoms with Crippen LogP contribution in [-0.4, -0.2) is 47.9 Å². The van der Waals surface area contributed by atoms with Crippen LogP contribution in [0.15, 0.2) is 30.6 Å². The Balaban J connectivity index is 1.54. The summed E-state index contributed by atoms with van der Waals surface area (Å²) in [5, 5.41) is 11.2. The average Bonchev–Trinajstić information content (AvgIpc) is 3.38. The highest BCUT2D eigenvalue weighted by Gasteiger charge is 2.23. The predicted molar refractivity (Wildman–Crippen MR) is 134 cm³/mol. The summed E-state index contributed by atoms with van der Waals surface area (Å²) in [6, 6.07) is 4.98. The van der Waals surface area contributed by atoms with E-state index in [1.54, 1.807) is 45.3 Å². The number of pyridine rings is 3. The molecule has 0 aliphatic heterocycles. The molecule has 0 aliphatic carbocycles. The van der Waals surface area contributed by atoms with Crippen LogP contribution in [0.2, 0.25) is 5.15 Å². The Kier molecular flexibility index (Phi) is 6.06. The van der Waals surface area contributed by atoms with Gasteiger partial charge in [-0.1, -0.05) is 28.2 Å². The van der Waals surface area contributed by atoms with Crippen LogP contribution in [-0.2, 0) is 7.05 Å². The predicted octanol–water partition coefficient (Wildman–Crippen LogP) is 4.61. The first-order chi connectivity index (χ1) is 17.3. The smallest absolute Gasteiger partial charge is 0.259 e. The summed E-state index contributed by atoms with van der Waals surface area (Å²) in [6.45, 7) is 3.51. The van der Waals surface area contributed by atoms with Crippen molar-refractivity contribution in [2.75, 3.05) is 12.4 Å². The van der Waals surface area contributed by atoms with Gasteiger partial charge in [-0.25, -0.2) is 9.67 Å². The number of ether oxygens (including phenoxy) is 1. The maximum atomic E-state index is 14.8. The molecule has 0 aliphatic rings. The highest BCUT2D eigenvalue weighted by atomic mass is 35.5. The summed E-state index contributed by atoms with van der Waals surface area (Å²) in [6.07, 6.45) is 3.00. The van der Waals surface area contributed by atoms with Crippen LogP contribution in [0.25, 0.3) is 32.7 Å². The number of thiazole rings is 1. The molecule has 5 rings (SSSR count). The Morgan fingerprint density at radius 2 is 2.00 bits per heavy atom. The molecule has 5 aromatic heterocycles. The summed E-state index contributed by atoms with van der Waals surface area (Å²) in [4.78, 5) is 30.0. The Labute approximate surface area is 213 Å². The summed E-state index contributed by atoms with van der Waals surface area (Å²) >= 11 is 7.26. The lowest BCUT2D eigenvalue weighted by Gasteiger charge is -2.15. The third-order valence-electron chi connectivity index (χ3n) is 5.48. The SMILES string of the molecule is COc1c(C)ncc(C(=O)Nc2nc3nc(F)c(-c4c(C)nnn4C)cc3s2)c1-c1ccnc(Cl)c1. The molecular formula is C23H18ClFN8O2S. The molecule has 0 aromatic carbocycles. The molecule has 0 radical (unpaired) electrons. The van der Waals surface area contributed by atoms with E-state index in [9.17, 15) is 9.18 Å². The Hall–Kier alpha value is -4.03. The van der Waals surface area contributed by atoms with Crippen LogP contribution in [0.3, 0.4) is 0 Å². The summed E-state index contributed by atoms with van der Waals surface area (Å²) in [5.41, 5.74) is 3.50. The number of methoxy groups -OCH3 is 1. The highest BCUT2D eigenvalue weighted by Crippen LogP contribution is 2.37. The number of halogens is 2. The number of nitrogens with one attached hydrogen (secondary N) is 1. The normalized spacial score (nSPS) is 11.2. The molecule has 1 amide bonds. The molecule has 0 saturated heterocycles. The van der Waals surface area contributed by atoms with Crippen molar-refractivity contribution in [3.05, 3.63) is 58.6 Å². The number of carbonyl (C=O) groups excluding carboxylic acids is 1. The van der Waals surface area contributed by atoms with Gasteiger partial charge in [0.1, 0.15) is 10.9 Å². The zero-order chi connectivity index (χ0) is 25.6. The summed E-state index contributed by atoms with van der Waals surface area (Å²) < 4.78 is 22.5. The molecule has 10 nitrogen and oxygen atoms in total. The lowest BCUT2D eigenvalue weighted by molar-refractivity contribution is 0.102. The zero-order valence-electron chi connectivity index (χ0n) is 19.5.